The van der Waals surface area contributed by atoms with Crippen LogP contribution in [0.15, 0.2) is 54.7 Å². The number of rotatable bonds is 2. The second-order valence-electron chi connectivity index (χ2n) is 6.25. The molecule has 0 unspecified atom stereocenters. The number of hydrogen-bond acceptors (Lipinski definition) is 4. The van der Waals surface area contributed by atoms with Crippen molar-refractivity contribution in [3.05, 3.63) is 60.3 Å². The fourth-order valence-corrected chi connectivity index (χ4v) is 2.86. The first-order valence-corrected chi connectivity index (χ1v) is 8.05. The molecule has 0 fully saturated rings. The SMILES string of the molecule is CC(C)c1ccc2c(N)c3cnc(-c4ccccc4)nc3nc2c1. The van der Waals surface area contributed by atoms with Crippen molar-refractivity contribution in [3.8, 4) is 11.4 Å². The van der Waals surface area contributed by atoms with E-state index in [1.165, 1.54) is 5.56 Å². The number of nitrogens with two attached hydrogens (primary N) is 1. The zero-order chi connectivity index (χ0) is 16.7. The molecule has 0 aliphatic heterocycles. The fraction of sp³-hybridized carbons (Fsp3) is 0.150. The predicted octanol–water partition coefficient (Wildman–Crippen LogP) is 4.55. The molecule has 4 aromatic rings. The lowest BCUT2D eigenvalue weighted by Crippen LogP contribution is -1.98. The summed E-state index contributed by atoms with van der Waals surface area (Å²) in [6, 6.07) is 16.1. The molecule has 4 rings (SSSR count). The van der Waals surface area contributed by atoms with Crippen LogP contribution in [0.3, 0.4) is 0 Å². The molecule has 0 amide bonds. The van der Waals surface area contributed by atoms with E-state index >= 15 is 0 Å². The molecule has 2 aromatic carbocycles. The highest BCUT2D eigenvalue weighted by Gasteiger charge is 2.11. The Kier molecular flexibility index (Phi) is 3.38. The summed E-state index contributed by atoms with van der Waals surface area (Å²) in [6.45, 7) is 4.34. The first-order valence-electron chi connectivity index (χ1n) is 8.05. The van der Waals surface area contributed by atoms with Gasteiger partial charge >= 0.3 is 0 Å². The lowest BCUT2D eigenvalue weighted by molar-refractivity contribution is 0.868. The van der Waals surface area contributed by atoms with Crippen molar-refractivity contribution in [1.29, 1.82) is 0 Å². The van der Waals surface area contributed by atoms with Gasteiger partial charge in [0, 0.05) is 17.1 Å². The fourth-order valence-electron chi connectivity index (χ4n) is 2.86. The maximum atomic E-state index is 6.35. The van der Waals surface area contributed by atoms with Gasteiger partial charge in [0.05, 0.1) is 16.6 Å². The Morgan fingerprint density at radius 1 is 0.917 bits per heavy atom. The van der Waals surface area contributed by atoms with Crippen LogP contribution in [0.2, 0.25) is 0 Å². The summed E-state index contributed by atoms with van der Waals surface area (Å²) < 4.78 is 0. The van der Waals surface area contributed by atoms with Crippen LogP contribution in [-0.2, 0) is 0 Å². The largest absolute Gasteiger partial charge is 0.398 e. The van der Waals surface area contributed by atoms with E-state index in [1.54, 1.807) is 6.20 Å². The highest BCUT2D eigenvalue weighted by Crippen LogP contribution is 2.30. The molecule has 0 aliphatic rings. The first kappa shape index (κ1) is 14.6. The molecular formula is C20H18N4. The van der Waals surface area contributed by atoms with E-state index in [9.17, 15) is 0 Å². The number of nitrogens with zero attached hydrogens (tertiary/aromatic N) is 3. The van der Waals surface area contributed by atoms with E-state index < -0.39 is 0 Å². The minimum absolute atomic E-state index is 0.443. The molecule has 118 valence electrons. The zero-order valence-electron chi connectivity index (χ0n) is 13.7. The first-order chi connectivity index (χ1) is 11.6. The van der Waals surface area contributed by atoms with Gasteiger partial charge < -0.3 is 5.73 Å². The van der Waals surface area contributed by atoms with Gasteiger partial charge in [0.1, 0.15) is 0 Å². The van der Waals surface area contributed by atoms with Crippen LogP contribution >= 0.6 is 0 Å². The molecule has 0 aliphatic carbocycles. The standard InChI is InChI=1S/C20H18N4/c1-12(2)14-8-9-15-17(10-14)23-20-16(18(15)21)11-22-19(24-20)13-6-4-3-5-7-13/h3-12H,1-2H3,(H2,21,22,23,24). The van der Waals surface area contributed by atoms with E-state index in [0.717, 1.165) is 21.9 Å². The minimum atomic E-state index is 0.443. The van der Waals surface area contributed by atoms with Crippen molar-refractivity contribution >= 4 is 27.6 Å². The molecule has 4 heteroatoms. The molecule has 0 saturated heterocycles. The second kappa shape index (κ2) is 5.57. The van der Waals surface area contributed by atoms with Crippen LogP contribution in [0.1, 0.15) is 25.3 Å². The van der Waals surface area contributed by atoms with Crippen molar-refractivity contribution in [3.63, 3.8) is 0 Å². The maximum Gasteiger partial charge on any atom is 0.165 e. The van der Waals surface area contributed by atoms with Gasteiger partial charge in [-0.05, 0) is 17.5 Å². The monoisotopic (exact) mass is 314 g/mol. The van der Waals surface area contributed by atoms with Gasteiger partial charge in [-0.25, -0.2) is 15.0 Å². The van der Waals surface area contributed by atoms with Gasteiger partial charge in [0.15, 0.2) is 11.5 Å². The highest BCUT2D eigenvalue weighted by atomic mass is 14.9. The third-order valence-corrected chi connectivity index (χ3v) is 4.30. The molecule has 2 heterocycles. The molecule has 0 bridgehead atoms. The normalized spacial score (nSPS) is 11.5. The topological polar surface area (TPSA) is 64.7 Å². The van der Waals surface area contributed by atoms with Crippen LogP contribution in [0, 0.1) is 0 Å². The third-order valence-electron chi connectivity index (χ3n) is 4.30. The van der Waals surface area contributed by atoms with Crippen molar-refractivity contribution in [1.82, 2.24) is 15.0 Å². The molecular weight excluding hydrogens is 296 g/mol. The maximum absolute atomic E-state index is 6.35. The van der Waals surface area contributed by atoms with Crippen LogP contribution in [0.4, 0.5) is 5.69 Å². The predicted molar refractivity (Wildman–Crippen MR) is 98.8 cm³/mol. The minimum Gasteiger partial charge on any atom is -0.398 e. The summed E-state index contributed by atoms with van der Waals surface area (Å²) in [4.78, 5) is 13.8. The average Bonchev–Trinajstić information content (AvgIpc) is 2.61. The number of aromatic nitrogens is 3. The Bertz CT molecular complexity index is 1040. The Morgan fingerprint density at radius 2 is 1.71 bits per heavy atom. The Labute approximate surface area is 140 Å². The zero-order valence-corrected chi connectivity index (χ0v) is 13.7. The molecule has 2 aromatic heterocycles. The number of anilines is 1. The number of pyridine rings is 1. The number of fused-ring (bicyclic) bond motifs is 2. The lowest BCUT2D eigenvalue weighted by Gasteiger charge is -2.10. The number of benzene rings is 2. The van der Waals surface area contributed by atoms with Gasteiger partial charge in [-0.15, -0.1) is 0 Å². The molecule has 0 radical (unpaired) electrons. The van der Waals surface area contributed by atoms with E-state index in [4.69, 9.17) is 10.7 Å². The molecule has 0 spiro atoms. The number of hydrogen-bond donors (Lipinski definition) is 1. The Balaban J connectivity index is 1.97. The van der Waals surface area contributed by atoms with Crippen molar-refractivity contribution in [2.75, 3.05) is 5.73 Å². The Hall–Kier alpha value is -3.01. The van der Waals surface area contributed by atoms with Gasteiger partial charge in [-0.3, -0.25) is 0 Å². The van der Waals surface area contributed by atoms with Crippen molar-refractivity contribution < 1.29 is 0 Å². The smallest absolute Gasteiger partial charge is 0.165 e. The van der Waals surface area contributed by atoms with E-state index in [0.29, 0.717) is 23.1 Å². The van der Waals surface area contributed by atoms with Crippen LogP contribution in [0.25, 0.3) is 33.3 Å². The van der Waals surface area contributed by atoms with E-state index in [2.05, 4.69) is 35.9 Å². The van der Waals surface area contributed by atoms with Gasteiger partial charge in [-0.2, -0.15) is 0 Å². The van der Waals surface area contributed by atoms with Gasteiger partial charge in [-0.1, -0.05) is 56.3 Å². The molecule has 24 heavy (non-hydrogen) atoms. The lowest BCUT2D eigenvalue weighted by atomic mass is 10.0. The third kappa shape index (κ3) is 2.36. The summed E-state index contributed by atoms with van der Waals surface area (Å²) in [5.41, 5.74) is 10.8. The summed E-state index contributed by atoms with van der Waals surface area (Å²) in [5, 5.41) is 1.74. The number of nitrogen functional groups attached to an aromatic ring is 1. The average molecular weight is 314 g/mol. The van der Waals surface area contributed by atoms with Crippen molar-refractivity contribution in [2.45, 2.75) is 19.8 Å². The molecule has 2 N–H and O–H groups in total. The van der Waals surface area contributed by atoms with Gasteiger partial charge in [0.2, 0.25) is 0 Å². The van der Waals surface area contributed by atoms with Crippen LogP contribution < -0.4 is 5.73 Å². The molecule has 0 saturated carbocycles. The quantitative estimate of drug-likeness (QED) is 0.551. The second-order valence-corrected chi connectivity index (χ2v) is 6.25. The summed E-state index contributed by atoms with van der Waals surface area (Å²) in [7, 11) is 0. The van der Waals surface area contributed by atoms with Crippen molar-refractivity contribution in [2.24, 2.45) is 0 Å². The van der Waals surface area contributed by atoms with E-state index in [1.807, 2.05) is 36.4 Å². The highest BCUT2D eigenvalue weighted by molar-refractivity contribution is 6.05. The summed E-state index contributed by atoms with van der Waals surface area (Å²) in [5.74, 6) is 1.10. The van der Waals surface area contributed by atoms with Gasteiger partial charge in [0.25, 0.3) is 0 Å². The molecule has 0 atom stereocenters. The van der Waals surface area contributed by atoms with Crippen LogP contribution in [-0.4, -0.2) is 15.0 Å². The summed E-state index contributed by atoms with van der Waals surface area (Å²) in [6.07, 6.45) is 1.77. The molecule has 4 nitrogen and oxygen atoms in total. The van der Waals surface area contributed by atoms with Crippen LogP contribution in [0.5, 0.6) is 0 Å². The van der Waals surface area contributed by atoms with E-state index in [-0.39, 0.29) is 0 Å². The Morgan fingerprint density at radius 3 is 2.46 bits per heavy atom. The summed E-state index contributed by atoms with van der Waals surface area (Å²) >= 11 is 0.